The van der Waals surface area contributed by atoms with Crippen LogP contribution in [0.25, 0.3) is 45.3 Å². The molecule has 194 valence electrons. The van der Waals surface area contributed by atoms with Crippen LogP contribution < -0.4 is 0 Å². The minimum Gasteiger partial charge on any atom is -0.208 e. The molecule has 1 aliphatic rings. The molecule has 0 saturated heterocycles. The van der Waals surface area contributed by atoms with Crippen molar-refractivity contribution in [2.45, 2.75) is 52.4 Å². The van der Waals surface area contributed by atoms with Gasteiger partial charge in [0, 0.05) is 16.7 Å². The largest absolute Gasteiger partial charge is 0.208 e. The Morgan fingerprint density at radius 2 is 0.769 bits per heavy atom. The topological polar surface area (TPSA) is 38.7 Å². The van der Waals surface area contributed by atoms with Crippen LogP contribution in [0.5, 0.6) is 0 Å². The highest BCUT2D eigenvalue weighted by atomic mass is 15.0. The quantitative estimate of drug-likeness (QED) is 0.242. The van der Waals surface area contributed by atoms with Crippen LogP contribution in [0.3, 0.4) is 0 Å². The van der Waals surface area contributed by atoms with Crippen molar-refractivity contribution in [3.8, 4) is 45.3 Å². The number of benzene rings is 4. The van der Waals surface area contributed by atoms with Gasteiger partial charge < -0.3 is 0 Å². The Kier molecular flexibility index (Phi) is 5.80. The van der Waals surface area contributed by atoms with E-state index >= 15 is 0 Å². The van der Waals surface area contributed by atoms with Crippen LogP contribution in [0.1, 0.15) is 52.7 Å². The summed E-state index contributed by atoms with van der Waals surface area (Å²) in [6.07, 6.45) is 0. The van der Waals surface area contributed by atoms with Crippen molar-refractivity contribution >= 4 is 0 Å². The van der Waals surface area contributed by atoms with Gasteiger partial charge in [-0.05, 0) is 50.6 Å². The van der Waals surface area contributed by atoms with Crippen LogP contribution in [0.15, 0.2) is 103 Å². The molecule has 0 fully saturated rings. The molecule has 0 amide bonds. The molecule has 5 aromatic rings. The molecule has 1 aromatic heterocycles. The number of hydrogen-bond donors (Lipinski definition) is 0. The Labute approximate surface area is 232 Å². The maximum absolute atomic E-state index is 5.11. The van der Waals surface area contributed by atoms with Crippen molar-refractivity contribution in [1.29, 1.82) is 0 Å². The highest BCUT2D eigenvalue weighted by molar-refractivity contribution is 5.84. The number of aromatic nitrogens is 3. The fourth-order valence-corrected chi connectivity index (χ4v) is 6.06. The second kappa shape index (κ2) is 8.98. The molecule has 6 rings (SSSR count). The van der Waals surface area contributed by atoms with E-state index in [2.05, 4.69) is 108 Å². The summed E-state index contributed by atoms with van der Waals surface area (Å²) in [5, 5.41) is 0. The molecule has 0 bridgehead atoms. The van der Waals surface area contributed by atoms with Gasteiger partial charge in [-0.25, -0.2) is 15.0 Å². The predicted octanol–water partition coefficient (Wildman–Crippen LogP) is 9.13. The smallest absolute Gasteiger partial charge is 0.164 e. The zero-order chi connectivity index (χ0) is 27.4. The highest BCUT2D eigenvalue weighted by Gasteiger charge is 2.57. The van der Waals surface area contributed by atoms with E-state index in [1.54, 1.807) is 0 Å². The van der Waals surface area contributed by atoms with E-state index in [0.29, 0.717) is 17.5 Å². The molecule has 0 radical (unpaired) electrons. The predicted molar refractivity (Wildman–Crippen MR) is 161 cm³/mol. The third kappa shape index (κ3) is 3.91. The van der Waals surface area contributed by atoms with Gasteiger partial charge in [0.15, 0.2) is 17.5 Å². The van der Waals surface area contributed by atoms with Gasteiger partial charge in [-0.3, -0.25) is 0 Å². The van der Waals surface area contributed by atoms with E-state index in [1.165, 1.54) is 11.1 Å². The Hall–Kier alpha value is -4.11. The molecule has 1 heterocycles. The first-order chi connectivity index (χ1) is 18.6. The van der Waals surface area contributed by atoms with E-state index in [4.69, 9.17) is 15.0 Å². The van der Waals surface area contributed by atoms with E-state index < -0.39 is 0 Å². The third-order valence-electron chi connectivity index (χ3n) is 9.65. The molecular weight excluding hydrogens is 474 g/mol. The summed E-state index contributed by atoms with van der Waals surface area (Å²) >= 11 is 0. The van der Waals surface area contributed by atoms with Crippen LogP contribution in [-0.2, 0) is 10.8 Å². The fourth-order valence-electron chi connectivity index (χ4n) is 6.06. The lowest BCUT2D eigenvalue weighted by Gasteiger charge is -2.44. The van der Waals surface area contributed by atoms with Crippen molar-refractivity contribution < 1.29 is 0 Å². The van der Waals surface area contributed by atoms with Gasteiger partial charge in [-0.15, -0.1) is 0 Å². The monoisotopic (exact) mass is 509 g/mol. The minimum atomic E-state index is -0.0344. The summed E-state index contributed by atoms with van der Waals surface area (Å²) in [4.78, 5) is 15.1. The fraction of sp³-hybridized carbons (Fsp3) is 0.250. The molecule has 3 nitrogen and oxygen atoms in total. The van der Waals surface area contributed by atoms with Crippen LogP contribution >= 0.6 is 0 Å². The zero-order valence-corrected chi connectivity index (χ0v) is 23.7. The summed E-state index contributed by atoms with van der Waals surface area (Å²) < 4.78 is 0. The third-order valence-corrected chi connectivity index (χ3v) is 9.65. The molecule has 1 aliphatic carbocycles. The van der Waals surface area contributed by atoms with Crippen molar-refractivity contribution in [1.82, 2.24) is 15.0 Å². The van der Waals surface area contributed by atoms with Gasteiger partial charge in [0.1, 0.15) is 0 Å². The van der Waals surface area contributed by atoms with Gasteiger partial charge in [0.05, 0.1) is 0 Å². The Morgan fingerprint density at radius 3 is 1.21 bits per heavy atom. The minimum absolute atomic E-state index is 0.00259. The van der Waals surface area contributed by atoms with E-state index in [-0.39, 0.29) is 16.2 Å². The van der Waals surface area contributed by atoms with E-state index in [9.17, 15) is 0 Å². The van der Waals surface area contributed by atoms with Crippen LogP contribution in [-0.4, -0.2) is 15.0 Å². The van der Waals surface area contributed by atoms with Crippen LogP contribution in [0, 0.1) is 5.41 Å². The second-order valence-electron chi connectivity index (χ2n) is 12.2. The van der Waals surface area contributed by atoms with Gasteiger partial charge in [-0.2, -0.15) is 0 Å². The Morgan fingerprint density at radius 1 is 0.410 bits per heavy atom. The van der Waals surface area contributed by atoms with Crippen molar-refractivity contribution in [2.75, 3.05) is 0 Å². The summed E-state index contributed by atoms with van der Waals surface area (Å²) in [5.41, 5.74) is 8.10. The lowest BCUT2D eigenvalue weighted by Crippen LogP contribution is -2.42. The number of nitrogens with zero attached hydrogens (tertiary/aromatic N) is 3. The molecule has 0 saturated carbocycles. The molecule has 0 spiro atoms. The Balaban J connectivity index is 1.68. The lowest BCUT2D eigenvalue weighted by atomic mass is 9.59. The SMILES string of the molecule is CC1(C)c2cc(-c3ccccc3)c(-c3nc(-c4ccccc4)nc(-c4ccccc4)n3)cc2C(C)(C)C1(C)C. The number of hydrogen-bond acceptors (Lipinski definition) is 3. The summed E-state index contributed by atoms with van der Waals surface area (Å²) in [7, 11) is 0. The van der Waals surface area contributed by atoms with Crippen molar-refractivity contribution in [2.24, 2.45) is 5.41 Å². The first-order valence-corrected chi connectivity index (χ1v) is 13.7. The van der Waals surface area contributed by atoms with Crippen molar-refractivity contribution in [3.05, 3.63) is 114 Å². The second-order valence-corrected chi connectivity index (χ2v) is 12.2. The molecule has 0 unspecified atom stereocenters. The summed E-state index contributed by atoms with van der Waals surface area (Å²) in [5.74, 6) is 2.06. The van der Waals surface area contributed by atoms with Gasteiger partial charge in [0.2, 0.25) is 0 Å². The number of rotatable bonds is 4. The Bertz CT molecular complexity index is 1590. The van der Waals surface area contributed by atoms with Crippen LogP contribution in [0.2, 0.25) is 0 Å². The maximum atomic E-state index is 5.11. The summed E-state index contributed by atoms with van der Waals surface area (Å²) in [6.45, 7) is 14.3. The maximum Gasteiger partial charge on any atom is 0.164 e. The van der Waals surface area contributed by atoms with Crippen LogP contribution in [0.4, 0.5) is 0 Å². The standard InChI is InChI=1S/C36H35N3/c1-34(2)29-22-27(24-16-10-7-11-17-24)28(23-30(29)35(3,4)36(34,5)6)33-38-31(25-18-12-8-13-19-25)37-32(39-33)26-20-14-9-15-21-26/h7-23H,1-6H3. The molecular formula is C36H35N3. The molecule has 3 heteroatoms. The highest BCUT2D eigenvalue weighted by Crippen LogP contribution is 2.62. The van der Waals surface area contributed by atoms with E-state index in [1.807, 2.05) is 36.4 Å². The normalized spacial score (nSPS) is 16.6. The first kappa shape index (κ1) is 25.2. The first-order valence-electron chi connectivity index (χ1n) is 13.7. The molecule has 0 N–H and O–H groups in total. The molecule has 0 atom stereocenters. The van der Waals surface area contributed by atoms with E-state index in [0.717, 1.165) is 27.8 Å². The molecule has 4 aromatic carbocycles. The van der Waals surface area contributed by atoms with Gasteiger partial charge >= 0.3 is 0 Å². The lowest BCUT2D eigenvalue weighted by molar-refractivity contribution is 0.125. The average Bonchev–Trinajstić information content (AvgIpc) is 3.07. The van der Waals surface area contributed by atoms with Crippen molar-refractivity contribution in [3.63, 3.8) is 0 Å². The molecule has 39 heavy (non-hydrogen) atoms. The van der Waals surface area contributed by atoms with Gasteiger partial charge in [0.25, 0.3) is 0 Å². The average molecular weight is 510 g/mol. The number of fused-ring (bicyclic) bond motifs is 1. The zero-order valence-electron chi connectivity index (χ0n) is 23.7. The molecule has 0 aliphatic heterocycles. The summed E-state index contributed by atoms with van der Waals surface area (Å²) in [6, 6.07) is 35.8. The van der Waals surface area contributed by atoms with Gasteiger partial charge in [-0.1, -0.05) is 133 Å².